The van der Waals surface area contributed by atoms with Gasteiger partial charge < -0.3 is 19.5 Å². The first-order chi connectivity index (χ1) is 14.0. The molecule has 0 aliphatic carbocycles. The van der Waals surface area contributed by atoms with Gasteiger partial charge in [0.2, 0.25) is 0 Å². The Morgan fingerprint density at radius 1 is 0.966 bits per heavy atom. The Bertz CT molecular complexity index is 1000. The van der Waals surface area contributed by atoms with Crippen molar-refractivity contribution in [3.63, 3.8) is 0 Å². The van der Waals surface area contributed by atoms with Crippen molar-refractivity contribution in [3.05, 3.63) is 77.6 Å². The highest BCUT2D eigenvalue weighted by molar-refractivity contribution is 6.05. The summed E-state index contributed by atoms with van der Waals surface area (Å²) in [5, 5.41) is 2.90. The maximum absolute atomic E-state index is 12.7. The van der Waals surface area contributed by atoms with E-state index in [9.17, 15) is 4.79 Å². The number of aromatic nitrogens is 1. The maximum Gasteiger partial charge on any atom is 0.257 e. The van der Waals surface area contributed by atoms with Gasteiger partial charge in [-0.2, -0.15) is 0 Å². The fourth-order valence-corrected chi connectivity index (χ4v) is 2.80. The van der Waals surface area contributed by atoms with Crippen LogP contribution in [0.3, 0.4) is 0 Å². The molecular weight excluding hydrogens is 368 g/mol. The smallest absolute Gasteiger partial charge is 0.257 e. The number of ether oxygens (including phenoxy) is 3. The number of methoxy groups -OCH3 is 2. The highest BCUT2D eigenvalue weighted by Gasteiger charge is 2.14. The van der Waals surface area contributed by atoms with E-state index in [1.807, 2.05) is 44.2 Å². The van der Waals surface area contributed by atoms with Gasteiger partial charge in [0.15, 0.2) is 0 Å². The van der Waals surface area contributed by atoms with E-state index >= 15 is 0 Å². The van der Waals surface area contributed by atoms with Gasteiger partial charge in [-0.3, -0.25) is 9.78 Å². The van der Waals surface area contributed by atoms with Crippen molar-refractivity contribution >= 4 is 11.6 Å². The Hall–Kier alpha value is -3.38. The Morgan fingerprint density at radius 2 is 1.66 bits per heavy atom. The molecule has 0 radical (unpaired) electrons. The molecule has 1 N–H and O–H groups in total. The van der Waals surface area contributed by atoms with E-state index in [4.69, 9.17) is 14.2 Å². The van der Waals surface area contributed by atoms with Gasteiger partial charge in [0.05, 0.1) is 30.2 Å². The number of nitrogens with zero attached hydrogens (tertiary/aromatic N) is 1. The lowest BCUT2D eigenvalue weighted by molar-refractivity contribution is 0.102. The summed E-state index contributed by atoms with van der Waals surface area (Å²) < 4.78 is 16.4. The second-order valence-electron chi connectivity index (χ2n) is 6.51. The first-order valence-electron chi connectivity index (χ1n) is 9.24. The lowest BCUT2D eigenvalue weighted by Gasteiger charge is -2.13. The van der Waals surface area contributed by atoms with Gasteiger partial charge >= 0.3 is 0 Å². The summed E-state index contributed by atoms with van der Waals surface area (Å²) in [5.41, 5.74) is 2.57. The molecule has 3 aromatic rings. The van der Waals surface area contributed by atoms with E-state index in [0.717, 1.165) is 5.69 Å². The zero-order chi connectivity index (χ0) is 20.8. The molecule has 0 aliphatic rings. The minimum Gasteiger partial charge on any atom is -0.497 e. The van der Waals surface area contributed by atoms with Gasteiger partial charge in [-0.05, 0) is 50.2 Å². The van der Waals surface area contributed by atoms with Crippen LogP contribution in [0.1, 0.15) is 34.8 Å². The standard InChI is InChI=1S/C23H24N2O4/c1-15-21(11-12-22(24-15)16(2)27-3)23(26)25-17-7-5-9-19(13-17)29-20-10-6-8-18(14-20)28-4/h5-14,16H,1-4H3,(H,25,26). The molecule has 1 amide bonds. The third-order valence-corrected chi connectivity index (χ3v) is 4.49. The molecule has 3 rings (SSSR count). The number of hydrogen-bond acceptors (Lipinski definition) is 5. The molecule has 1 atom stereocenters. The van der Waals surface area contributed by atoms with Crippen LogP contribution in [0.5, 0.6) is 17.2 Å². The summed E-state index contributed by atoms with van der Waals surface area (Å²) in [7, 11) is 3.23. The summed E-state index contributed by atoms with van der Waals surface area (Å²) in [6.07, 6.45) is -0.128. The molecule has 150 valence electrons. The highest BCUT2D eigenvalue weighted by Crippen LogP contribution is 2.27. The lowest BCUT2D eigenvalue weighted by Crippen LogP contribution is -2.15. The summed E-state index contributed by atoms with van der Waals surface area (Å²) >= 11 is 0. The van der Waals surface area contributed by atoms with Crippen molar-refractivity contribution in [3.8, 4) is 17.2 Å². The van der Waals surface area contributed by atoms with Crippen LogP contribution in [0.2, 0.25) is 0 Å². The number of pyridine rings is 1. The van der Waals surface area contributed by atoms with Crippen LogP contribution in [0.25, 0.3) is 0 Å². The van der Waals surface area contributed by atoms with Crippen molar-refractivity contribution < 1.29 is 19.0 Å². The number of rotatable bonds is 7. The largest absolute Gasteiger partial charge is 0.497 e. The molecule has 0 saturated carbocycles. The lowest BCUT2D eigenvalue weighted by atomic mass is 10.1. The topological polar surface area (TPSA) is 69.7 Å². The Labute approximate surface area is 170 Å². The van der Waals surface area contributed by atoms with E-state index in [2.05, 4.69) is 10.3 Å². The first-order valence-corrected chi connectivity index (χ1v) is 9.24. The van der Waals surface area contributed by atoms with Crippen LogP contribution in [0.4, 0.5) is 5.69 Å². The van der Waals surface area contributed by atoms with Gasteiger partial charge in [-0.25, -0.2) is 0 Å². The molecule has 0 aliphatic heterocycles. The predicted molar refractivity (Wildman–Crippen MR) is 112 cm³/mol. The van der Waals surface area contributed by atoms with Crippen molar-refractivity contribution in [1.29, 1.82) is 0 Å². The molecular formula is C23H24N2O4. The van der Waals surface area contributed by atoms with Crippen LogP contribution in [0.15, 0.2) is 60.7 Å². The molecule has 6 nitrogen and oxygen atoms in total. The first kappa shape index (κ1) is 20.4. The fraction of sp³-hybridized carbons (Fsp3) is 0.217. The zero-order valence-corrected chi connectivity index (χ0v) is 16.9. The summed E-state index contributed by atoms with van der Waals surface area (Å²) in [6.45, 7) is 3.72. The van der Waals surface area contributed by atoms with E-state index in [1.165, 1.54) is 0 Å². The SMILES string of the molecule is COc1cccc(Oc2cccc(NC(=O)c3ccc(C(C)OC)nc3C)c2)c1. The number of nitrogens with one attached hydrogen (secondary N) is 1. The minimum absolute atomic E-state index is 0.128. The van der Waals surface area contributed by atoms with Crippen molar-refractivity contribution in [2.24, 2.45) is 0 Å². The molecule has 1 aromatic heterocycles. The third kappa shape index (κ3) is 5.12. The van der Waals surface area contributed by atoms with E-state index in [0.29, 0.717) is 34.2 Å². The van der Waals surface area contributed by atoms with Crippen LogP contribution in [-0.2, 0) is 4.74 Å². The number of aryl methyl sites for hydroxylation is 1. The summed E-state index contributed by atoms with van der Waals surface area (Å²) in [6, 6.07) is 18.1. The zero-order valence-electron chi connectivity index (χ0n) is 16.9. The number of amides is 1. The van der Waals surface area contributed by atoms with Crippen LogP contribution < -0.4 is 14.8 Å². The second kappa shape index (κ2) is 9.21. The Balaban J connectivity index is 1.73. The maximum atomic E-state index is 12.7. The van der Waals surface area contributed by atoms with Crippen molar-refractivity contribution in [2.45, 2.75) is 20.0 Å². The van der Waals surface area contributed by atoms with Crippen LogP contribution >= 0.6 is 0 Å². The molecule has 29 heavy (non-hydrogen) atoms. The summed E-state index contributed by atoms with van der Waals surface area (Å²) in [4.78, 5) is 17.2. The van der Waals surface area contributed by atoms with Gasteiger partial charge in [0.1, 0.15) is 17.2 Å². The van der Waals surface area contributed by atoms with Gasteiger partial charge in [-0.1, -0.05) is 12.1 Å². The Morgan fingerprint density at radius 3 is 2.34 bits per heavy atom. The molecule has 6 heteroatoms. The average molecular weight is 392 g/mol. The Kier molecular flexibility index (Phi) is 6.46. The van der Waals surface area contributed by atoms with Gasteiger partial charge in [-0.15, -0.1) is 0 Å². The number of benzene rings is 2. The number of anilines is 1. The molecule has 2 aromatic carbocycles. The fourth-order valence-electron chi connectivity index (χ4n) is 2.80. The van der Waals surface area contributed by atoms with Crippen molar-refractivity contribution in [2.75, 3.05) is 19.5 Å². The third-order valence-electron chi connectivity index (χ3n) is 4.49. The summed E-state index contributed by atoms with van der Waals surface area (Å²) in [5.74, 6) is 1.73. The van der Waals surface area contributed by atoms with Crippen LogP contribution in [-0.4, -0.2) is 25.1 Å². The monoisotopic (exact) mass is 392 g/mol. The molecule has 0 saturated heterocycles. The van der Waals surface area contributed by atoms with E-state index in [1.54, 1.807) is 44.6 Å². The molecule has 1 unspecified atom stereocenters. The molecule has 0 fully saturated rings. The van der Waals surface area contributed by atoms with Gasteiger partial charge in [0, 0.05) is 24.9 Å². The van der Waals surface area contributed by atoms with E-state index in [-0.39, 0.29) is 12.0 Å². The second-order valence-corrected chi connectivity index (χ2v) is 6.51. The molecule has 1 heterocycles. The quantitative estimate of drug-likeness (QED) is 0.602. The highest BCUT2D eigenvalue weighted by atomic mass is 16.5. The van der Waals surface area contributed by atoms with Gasteiger partial charge in [0.25, 0.3) is 5.91 Å². The van der Waals surface area contributed by atoms with Crippen molar-refractivity contribution in [1.82, 2.24) is 4.98 Å². The number of carbonyl (C=O) groups excluding carboxylic acids is 1. The number of carbonyl (C=O) groups is 1. The average Bonchev–Trinajstić information content (AvgIpc) is 2.73. The minimum atomic E-state index is -0.231. The van der Waals surface area contributed by atoms with Crippen LogP contribution in [0, 0.1) is 6.92 Å². The molecule has 0 spiro atoms. The predicted octanol–water partition coefficient (Wildman–Crippen LogP) is 5.15. The number of hydrogen-bond donors (Lipinski definition) is 1. The molecule has 0 bridgehead atoms. The van der Waals surface area contributed by atoms with E-state index < -0.39 is 0 Å². The normalized spacial score (nSPS) is 11.6.